The first-order chi connectivity index (χ1) is 32.3. The summed E-state index contributed by atoms with van der Waals surface area (Å²) in [6.07, 6.45) is 13.0. The molecule has 2 amide bonds. The zero-order valence-corrected chi connectivity index (χ0v) is 36.0. The van der Waals surface area contributed by atoms with Crippen LogP contribution in [0.25, 0.3) is 44.6 Å². The van der Waals surface area contributed by atoms with Gasteiger partial charge in [-0.1, -0.05) is 43.0 Å². The number of aromatic nitrogens is 8. The van der Waals surface area contributed by atoms with Gasteiger partial charge in [0.15, 0.2) is 11.3 Å². The van der Waals surface area contributed by atoms with Crippen LogP contribution in [0.5, 0.6) is 23.0 Å². The van der Waals surface area contributed by atoms with Gasteiger partial charge in [-0.15, -0.1) is 6.42 Å². The second kappa shape index (κ2) is 19.0. The molecule has 66 heavy (non-hydrogen) atoms. The number of amides is 2. The fraction of sp³-hybridized carbons (Fsp3) is 0.200. The summed E-state index contributed by atoms with van der Waals surface area (Å²) in [6.45, 7) is 6.00. The van der Waals surface area contributed by atoms with Gasteiger partial charge < -0.3 is 30.7 Å². The van der Waals surface area contributed by atoms with Crippen LogP contribution in [-0.4, -0.2) is 87.3 Å². The van der Waals surface area contributed by atoms with Crippen LogP contribution in [0.2, 0.25) is 0 Å². The number of nitrogen functional groups attached to an aromatic ring is 2. The van der Waals surface area contributed by atoms with E-state index in [0.717, 1.165) is 54.1 Å². The number of piperidine rings is 2. The minimum atomic E-state index is -0.306. The van der Waals surface area contributed by atoms with Gasteiger partial charge in [0.1, 0.15) is 58.7 Å². The van der Waals surface area contributed by atoms with E-state index in [1.165, 1.54) is 18.7 Å². The van der Waals surface area contributed by atoms with Gasteiger partial charge in [0.05, 0.1) is 22.9 Å². The van der Waals surface area contributed by atoms with Crippen LogP contribution in [0.1, 0.15) is 37.8 Å². The Morgan fingerprint density at radius 1 is 0.621 bits per heavy atom. The van der Waals surface area contributed by atoms with Crippen LogP contribution in [0, 0.1) is 12.3 Å². The highest BCUT2D eigenvalue weighted by Crippen LogP contribution is 2.37. The predicted molar refractivity (Wildman–Crippen MR) is 252 cm³/mol. The molecule has 16 heteroatoms. The molecule has 6 heterocycles. The van der Waals surface area contributed by atoms with Crippen LogP contribution < -0.4 is 20.9 Å². The average molecular weight is 879 g/mol. The number of nitrogens with zero attached hydrogens (tertiary/aromatic N) is 10. The minimum absolute atomic E-state index is 0.00566. The van der Waals surface area contributed by atoms with E-state index in [1.54, 1.807) is 9.80 Å². The van der Waals surface area contributed by atoms with E-state index in [-0.39, 0.29) is 23.9 Å². The van der Waals surface area contributed by atoms with Crippen LogP contribution in [0.15, 0.2) is 135 Å². The number of nitrogens with two attached hydrogens (primary N) is 2. The lowest BCUT2D eigenvalue weighted by molar-refractivity contribution is -0.128. The summed E-state index contributed by atoms with van der Waals surface area (Å²) in [5.74, 6) is 5.54. The van der Waals surface area contributed by atoms with Gasteiger partial charge in [0.2, 0.25) is 5.91 Å². The summed E-state index contributed by atoms with van der Waals surface area (Å²) in [4.78, 5) is 45.0. The first-order valence-electron chi connectivity index (χ1n) is 21.6. The van der Waals surface area contributed by atoms with E-state index in [1.807, 2.05) is 119 Å². The number of hydrogen-bond acceptors (Lipinski definition) is 12. The molecule has 0 bridgehead atoms. The van der Waals surface area contributed by atoms with E-state index in [4.69, 9.17) is 37.6 Å². The van der Waals surface area contributed by atoms with Crippen molar-refractivity contribution in [3.8, 4) is 57.9 Å². The molecule has 0 aliphatic carbocycles. The van der Waals surface area contributed by atoms with Crippen molar-refractivity contribution >= 4 is 45.5 Å². The number of carbonyl (C=O) groups is 2. The second-order valence-electron chi connectivity index (χ2n) is 15.9. The lowest BCUT2D eigenvalue weighted by Gasteiger charge is -2.32. The number of para-hydroxylation sites is 2. The fourth-order valence-electron chi connectivity index (χ4n) is 8.43. The van der Waals surface area contributed by atoms with E-state index >= 15 is 0 Å². The number of ether oxygens (including phenoxy) is 2. The molecule has 4 N–H and O–H groups in total. The van der Waals surface area contributed by atoms with E-state index in [9.17, 15) is 9.59 Å². The summed E-state index contributed by atoms with van der Waals surface area (Å²) in [5, 5.41) is 11.2. The molecule has 2 aliphatic heterocycles. The Labute approximate surface area is 380 Å². The fourth-order valence-corrected chi connectivity index (χ4v) is 8.43. The highest BCUT2D eigenvalue weighted by Gasteiger charge is 2.30. The summed E-state index contributed by atoms with van der Waals surface area (Å²) in [5.41, 5.74) is 17.0. The number of carbonyl (C=O) groups excluding carboxylic acids is 2. The predicted octanol–water partition coefficient (Wildman–Crippen LogP) is 7.88. The largest absolute Gasteiger partial charge is 0.457 e. The normalized spacial score (nSPS) is 15.9. The van der Waals surface area contributed by atoms with Crippen molar-refractivity contribution in [3.63, 3.8) is 0 Å². The number of rotatable bonds is 9. The summed E-state index contributed by atoms with van der Waals surface area (Å²) < 4.78 is 15.5. The molecule has 2 aliphatic rings. The number of fused-ring (bicyclic) bond motifs is 2. The van der Waals surface area contributed by atoms with Crippen molar-refractivity contribution in [3.05, 3.63) is 135 Å². The monoisotopic (exact) mass is 878 g/mol. The number of likely N-dealkylation sites (tertiary alicyclic amines) is 2. The molecule has 4 aromatic heterocycles. The van der Waals surface area contributed by atoms with E-state index in [0.29, 0.717) is 77.0 Å². The van der Waals surface area contributed by atoms with Crippen LogP contribution in [0.3, 0.4) is 0 Å². The van der Waals surface area contributed by atoms with Crippen LogP contribution in [-0.2, 0) is 9.59 Å². The van der Waals surface area contributed by atoms with Crippen molar-refractivity contribution in [2.24, 2.45) is 0 Å². The highest BCUT2D eigenvalue weighted by atomic mass is 16.5. The Morgan fingerprint density at radius 2 is 1.05 bits per heavy atom. The van der Waals surface area contributed by atoms with Crippen LogP contribution in [0.4, 0.5) is 11.6 Å². The number of hydrogen-bond donors (Lipinski definition) is 2. The SMILES string of the molecule is C#CC(=O)N1CCC[C@@H](n2nc(-c3ccc(Oc4ccccc4)cc3)c3c(N)ncnc32)C1.C=CC(=O)N1CCC[C@@H](n2nc(-c3ccc(Oc4ccccc4)cc3)c3c(N)ncnc32)C1. The number of benzene rings is 4. The minimum Gasteiger partial charge on any atom is -0.457 e. The maximum Gasteiger partial charge on any atom is 0.298 e. The Morgan fingerprint density at radius 3 is 1.48 bits per heavy atom. The van der Waals surface area contributed by atoms with E-state index in [2.05, 4.69) is 32.4 Å². The molecule has 0 spiro atoms. The zero-order chi connectivity index (χ0) is 45.6. The molecule has 2 fully saturated rings. The molecule has 2 atom stereocenters. The third kappa shape index (κ3) is 8.95. The second-order valence-corrected chi connectivity index (χ2v) is 15.9. The summed E-state index contributed by atoms with van der Waals surface area (Å²) in [7, 11) is 0. The summed E-state index contributed by atoms with van der Waals surface area (Å²) >= 11 is 0. The maximum atomic E-state index is 12.2. The van der Waals surface area contributed by atoms with Gasteiger partial charge in [-0.2, -0.15) is 10.2 Å². The molecule has 0 radical (unpaired) electrons. The van der Waals surface area contributed by atoms with Gasteiger partial charge in [0.25, 0.3) is 5.91 Å². The maximum absolute atomic E-state index is 12.2. The van der Waals surface area contributed by atoms with Crippen molar-refractivity contribution in [2.75, 3.05) is 37.6 Å². The van der Waals surface area contributed by atoms with Crippen molar-refractivity contribution < 1.29 is 19.1 Å². The quantitative estimate of drug-likeness (QED) is 0.105. The molecule has 0 unspecified atom stereocenters. The van der Waals surface area contributed by atoms with Crippen molar-refractivity contribution in [1.29, 1.82) is 0 Å². The Balaban J connectivity index is 0.000000166. The Hall–Kier alpha value is -8.58. The number of anilines is 2. The summed E-state index contributed by atoms with van der Waals surface area (Å²) in [6, 6.07) is 34.5. The number of terminal acetylenes is 1. The van der Waals surface area contributed by atoms with Gasteiger partial charge in [-0.25, -0.2) is 29.3 Å². The zero-order valence-electron chi connectivity index (χ0n) is 36.0. The van der Waals surface area contributed by atoms with Crippen LogP contribution >= 0.6 is 0 Å². The molecule has 8 aromatic rings. The molecule has 10 rings (SSSR count). The van der Waals surface area contributed by atoms with E-state index < -0.39 is 0 Å². The molecule has 4 aromatic carbocycles. The Bertz CT molecular complexity index is 3060. The highest BCUT2D eigenvalue weighted by molar-refractivity contribution is 5.99. The Kier molecular flexibility index (Phi) is 12.3. The van der Waals surface area contributed by atoms with Gasteiger partial charge >= 0.3 is 0 Å². The third-order valence-corrected chi connectivity index (χ3v) is 11.6. The van der Waals surface area contributed by atoms with Crippen molar-refractivity contribution in [1.82, 2.24) is 49.3 Å². The van der Waals surface area contributed by atoms with Gasteiger partial charge in [-0.05, 0) is 110 Å². The standard InChI is InChI=1S/C25H24N6O2.C25H22N6O2/c2*1-2-21(32)30-14-6-7-18(15-30)31-25-22(24(26)27-16-28-25)23(29-31)17-10-12-20(13-11-17)33-19-8-4-3-5-9-19/h2-5,8-13,16,18H,1,6-7,14-15H2,(H2,26,27,28);1,3-5,8-13,16,18H,6-7,14-15H2,(H2,26,27,28)/t2*18-/m11/s1. The smallest absolute Gasteiger partial charge is 0.298 e. The lowest BCUT2D eigenvalue weighted by atomic mass is 10.1. The molecular weight excluding hydrogens is 833 g/mol. The van der Waals surface area contributed by atoms with Gasteiger partial charge in [0, 0.05) is 37.3 Å². The first kappa shape index (κ1) is 42.7. The molecular formula is C50H46N12O4. The molecule has 16 nitrogen and oxygen atoms in total. The molecule has 2 saturated heterocycles. The van der Waals surface area contributed by atoms with Crippen molar-refractivity contribution in [2.45, 2.75) is 37.8 Å². The van der Waals surface area contributed by atoms with Gasteiger partial charge in [-0.3, -0.25) is 9.59 Å². The topological polar surface area (TPSA) is 198 Å². The third-order valence-electron chi connectivity index (χ3n) is 11.6. The first-order valence-corrected chi connectivity index (χ1v) is 21.6. The molecule has 330 valence electrons. The molecule has 0 saturated carbocycles. The average Bonchev–Trinajstić information content (AvgIpc) is 3.96. The lowest BCUT2D eigenvalue weighted by Crippen LogP contribution is -2.40.